The summed E-state index contributed by atoms with van der Waals surface area (Å²) in [5, 5.41) is 18.3. The summed E-state index contributed by atoms with van der Waals surface area (Å²) in [5.74, 6) is -2.01. The molecule has 2 rings (SSSR count). The maximum atomic E-state index is 13.6. The van der Waals surface area contributed by atoms with Crippen LogP contribution < -0.4 is 4.74 Å². The zero-order valence-electron chi connectivity index (χ0n) is 12.7. The summed E-state index contributed by atoms with van der Waals surface area (Å²) in [7, 11) is 0. The van der Waals surface area contributed by atoms with E-state index >= 15 is 0 Å². The molecule has 0 radical (unpaired) electrons. The van der Waals surface area contributed by atoms with E-state index in [1.54, 1.807) is 0 Å². The topological polar surface area (TPSA) is 49.7 Å². The van der Waals surface area contributed by atoms with Crippen LogP contribution in [0.1, 0.15) is 29.9 Å². The van der Waals surface area contributed by atoms with Crippen molar-refractivity contribution in [1.82, 2.24) is 0 Å². The number of rotatable bonds is 8. The standard InChI is InChI=1S/C18H20F2O3/c19-16-10-15(14(6-8-21)7-9-22)18(11-17(16)20)23-12-13-4-2-1-3-5-13/h1-5,10-11,14,21-22H,6-9,12H2. The van der Waals surface area contributed by atoms with Gasteiger partial charge in [0.15, 0.2) is 11.6 Å². The van der Waals surface area contributed by atoms with Gasteiger partial charge in [0, 0.05) is 24.8 Å². The first-order valence-electron chi connectivity index (χ1n) is 7.53. The summed E-state index contributed by atoms with van der Waals surface area (Å²) >= 11 is 0. The molecule has 23 heavy (non-hydrogen) atoms. The lowest BCUT2D eigenvalue weighted by Gasteiger charge is -2.20. The Hall–Kier alpha value is -1.98. The highest BCUT2D eigenvalue weighted by molar-refractivity contribution is 5.38. The third-order valence-corrected chi connectivity index (χ3v) is 3.68. The van der Waals surface area contributed by atoms with Gasteiger partial charge >= 0.3 is 0 Å². The lowest BCUT2D eigenvalue weighted by Crippen LogP contribution is -2.09. The maximum Gasteiger partial charge on any atom is 0.162 e. The van der Waals surface area contributed by atoms with Crippen LogP contribution in [-0.2, 0) is 6.61 Å². The Balaban J connectivity index is 2.26. The van der Waals surface area contributed by atoms with Gasteiger partial charge in [-0.1, -0.05) is 30.3 Å². The maximum absolute atomic E-state index is 13.6. The molecule has 0 amide bonds. The van der Waals surface area contributed by atoms with Crippen LogP contribution in [0.3, 0.4) is 0 Å². The van der Waals surface area contributed by atoms with E-state index in [1.165, 1.54) is 0 Å². The first-order valence-corrected chi connectivity index (χ1v) is 7.53. The molecule has 0 aliphatic rings. The molecular weight excluding hydrogens is 302 g/mol. The summed E-state index contributed by atoms with van der Waals surface area (Å²) in [6.07, 6.45) is 0.681. The largest absolute Gasteiger partial charge is 0.489 e. The molecule has 3 nitrogen and oxygen atoms in total. The fourth-order valence-corrected chi connectivity index (χ4v) is 2.49. The Bertz CT molecular complexity index is 611. The molecule has 0 aliphatic heterocycles. The third kappa shape index (κ3) is 4.74. The summed E-state index contributed by atoms with van der Waals surface area (Å²) < 4.78 is 32.8. The van der Waals surface area contributed by atoms with Gasteiger partial charge in [0.2, 0.25) is 0 Å². The zero-order valence-corrected chi connectivity index (χ0v) is 12.7. The molecule has 2 N–H and O–H groups in total. The second-order valence-electron chi connectivity index (χ2n) is 5.30. The van der Waals surface area contributed by atoms with Gasteiger partial charge in [0.1, 0.15) is 12.4 Å². The van der Waals surface area contributed by atoms with Crippen LogP contribution >= 0.6 is 0 Å². The first-order chi connectivity index (χ1) is 11.2. The van der Waals surface area contributed by atoms with Gasteiger partial charge in [0.05, 0.1) is 0 Å². The van der Waals surface area contributed by atoms with E-state index < -0.39 is 11.6 Å². The molecule has 124 valence electrons. The third-order valence-electron chi connectivity index (χ3n) is 3.68. The van der Waals surface area contributed by atoms with E-state index in [-0.39, 0.29) is 31.5 Å². The first kappa shape index (κ1) is 17.4. The molecule has 0 aliphatic carbocycles. The molecule has 0 fully saturated rings. The van der Waals surface area contributed by atoms with Crippen molar-refractivity contribution in [3.05, 3.63) is 65.2 Å². The lowest BCUT2D eigenvalue weighted by molar-refractivity contribution is 0.237. The van der Waals surface area contributed by atoms with Crippen molar-refractivity contribution >= 4 is 0 Å². The van der Waals surface area contributed by atoms with E-state index in [0.29, 0.717) is 18.4 Å². The van der Waals surface area contributed by atoms with E-state index in [4.69, 9.17) is 14.9 Å². The van der Waals surface area contributed by atoms with Crippen LogP contribution in [0, 0.1) is 11.6 Å². The predicted octanol–water partition coefficient (Wildman–Crippen LogP) is 3.39. The SMILES string of the molecule is OCCC(CCO)c1cc(F)c(F)cc1OCc1ccccc1. The molecule has 0 bridgehead atoms. The van der Waals surface area contributed by atoms with Gasteiger partial charge in [-0.3, -0.25) is 0 Å². The van der Waals surface area contributed by atoms with E-state index in [9.17, 15) is 8.78 Å². The quantitative estimate of drug-likeness (QED) is 0.783. The van der Waals surface area contributed by atoms with Crippen LogP contribution in [0.2, 0.25) is 0 Å². The lowest BCUT2D eigenvalue weighted by atomic mass is 9.92. The van der Waals surface area contributed by atoms with Gasteiger partial charge in [-0.25, -0.2) is 8.78 Å². The van der Waals surface area contributed by atoms with Gasteiger partial charge in [-0.2, -0.15) is 0 Å². The van der Waals surface area contributed by atoms with E-state index in [2.05, 4.69) is 0 Å². The van der Waals surface area contributed by atoms with Crippen molar-refractivity contribution in [3.8, 4) is 5.75 Å². The minimum Gasteiger partial charge on any atom is -0.489 e. The van der Waals surface area contributed by atoms with Gasteiger partial charge in [-0.05, 0) is 30.4 Å². The molecule has 0 saturated heterocycles. The van der Waals surface area contributed by atoms with Crippen molar-refractivity contribution in [2.75, 3.05) is 13.2 Å². The summed E-state index contributed by atoms with van der Waals surface area (Å²) in [6.45, 7) is 0.00740. The van der Waals surface area contributed by atoms with Crippen molar-refractivity contribution in [2.24, 2.45) is 0 Å². The van der Waals surface area contributed by atoms with Crippen molar-refractivity contribution < 1.29 is 23.7 Å². The highest BCUT2D eigenvalue weighted by atomic mass is 19.2. The predicted molar refractivity (Wildman–Crippen MR) is 83.3 cm³/mol. The Morgan fingerprint density at radius 1 is 0.913 bits per heavy atom. The molecule has 2 aromatic carbocycles. The van der Waals surface area contributed by atoms with Gasteiger partial charge in [0.25, 0.3) is 0 Å². The average Bonchev–Trinajstić information content (AvgIpc) is 2.56. The number of ether oxygens (including phenoxy) is 1. The minimum atomic E-state index is -0.983. The molecule has 0 spiro atoms. The van der Waals surface area contributed by atoms with Crippen LogP contribution in [-0.4, -0.2) is 23.4 Å². The molecule has 0 unspecified atom stereocenters. The normalized spacial score (nSPS) is 11.0. The molecule has 0 aromatic heterocycles. The summed E-state index contributed by atoms with van der Waals surface area (Å²) in [6, 6.07) is 11.5. The van der Waals surface area contributed by atoms with Crippen LogP contribution in [0.4, 0.5) is 8.78 Å². The number of hydrogen-bond acceptors (Lipinski definition) is 3. The Morgan fingerprint density at radius 2 is 1.52 bits per heavy atom. The number of halogens is 2. The van der Waals surface area contributed by atoms with Crippen LogP contribution in [0.25, 0.3) is 0 Å². The Kier molecular flexibility index (Phi) is 6.50. The fourth-order valence-electron chi connectivity index (χ4n) is 2.49. The second kappa shape index (κ2) is 8.60. The molecule has 0 atom stereocenters. The number of aliphatic hydroxyl groups is 2. The molecule has 5 heteroatoms. The molecule has 2 aromatic rings. The highest BCUT2D eigenvalue weighted by Gasteiger charge is 2.19. The van der Waals surface area contributed by atoms with Crippen molar-refractivity contribution in [3.63, 3.8) is 0 Å². The average molecular weight is 322 g/mol. The number of aliphatic hydroxyl groups excluding tert-OH is 2. The number of benzene rings is 2. The molecule has 0 saturated carbocycles. The fraction of sp³-hybridized carbons (Fsp3) is 0.333. The summed E-state index contributed by atoms with van der Waals surface area (Å²) in [5.41, 5.74) is 1.37. The van der Waals surface area contributed by atoms with Gasteiger partial charge in [-0.15, -0.1) is 0 Å². The van der Waals surface area contributed by atoms with E-state index in [0.717, 1.165) is 17.7 Å². The Morgan fingerprint density at radius 3 is 2.13 bits per heavy atom. The van der Waals surface area contributed by atoms with Crippen LogP contribution in [0.15, 0.2) is 42.5 Å². The minimum absolute atomic E-state index is 0.109. The summed E-state index contributed by atoms with van der Waals surface area (Å²) in [4.78, 5) is 0. The molecular formula is C18H20F2O3. The Labute approximate surface area is 134 Å². The monoisotopic (exact) mass is 322 g/mol. The second-order valence-corrected chi connectivity index (χ2v) is 5.30. The molecule has 0 heterocycles. The van der Waals surface area contributed by atoms with E-state index in [1.807, 2.05) is 30.3 Å². The van der Waals surface area contributed by atoms with Gasteiger partial charge < -0.3 is 14.9 Å². The highest BCUT2D eigenvalue weighted by Crippen LogP contribution is 2.33. The zero-order chi connectivity index (χ0) is 16.7. The number of hydrogen-bond donors (Lipinski definition) is 2. The smallest absolute Gasteiger partial charge is 0.162 e. The van der Waals surface area contributed by atoms with Crippen molar-refractivity contribution in [1.29, 1.82) is 0 Å². The van der Waals surface area contributed by atoms with Crippen LogP contribution in [0.5, 0.6) is 5.75 Å². The van der Waals surface area contributed by atoms with Crippen molar-refractivity contribution in [2.45, 2.75) is 25.4 Å².